The van der Waals surface area contributed by atoms with Gasteiger partial charge in [0.2, 0.25) is 11.8 Å². The molecule has 0 bridgehead atoms. The van der Waals surface area contributed by atoms with Crippen molar-refractivity contribution in [1.29, 1.82) is 0 Å². The second kappa shape index (κ2) is 7.61. The molecule has 0 aliphatic heterocycles. The molecule has 3 aromatic rings. The summed E-state index contributed by atoms with van der Waals surface area (Å²) in [6.45, 7) is 1.01. The van der Waals surface area contributed by atoms with Gasteiger partial charge in [-0.05, 0) is 36.1 Å². The van der Waals surface area contributed by atoms with Crippen molar-refractivity contribution in [1.82, 2.24) is 20.6 Å². The summed E-state index contributed by atoms with van der Waals surface area (Å²) >= 11 is 0. The number of hydrogen-bond donors (Lipinski definition) is 3. The molecule has 2 heterocycles. The smallest absolute Gasteiger partial charge is 0.224 e. The minimum atomic E-state index is -0.213. The van der Waals surface area contributed by atoms with Crippen molar-refractivity contribution in [2.24, 2.45) is 11.8 Å². The molecular formula is C21H22N4O2. The van der Waals surface area contributed by atoms with Gasteiger partial charge in [0.25, 0.3) is 0 Å². The first-order chi connectivity index (χ1) is 13.2. The number of nitrogens with one attached hydrogen (secondary N) is 3. The number of H-pyrrole nitrogens is 1. The zero-order valence-electron chi connectivity index (χ0n) is 14.9. The number of aromatic amines is 1. The summed E-state index contributed by atoms with van der Waals surface area (Å²) in [7, 11) is 0. The SMILES string of the molecule is O=C(NCCc1c[nH]c2ccccc12)C1CC1C(=O)NCc1cccnc1. The zero-order chi connectivity index (χ0) is 18.6. The lowest BCUT2D eigenvalue weighted by Crippen LogP contribution is -2.31. The molecule has 0 saturated heterocycles. The van der Waals surface area contributed by atoms with E-state index in [0.717, 1.165) is 17.5 Å². The van der Waals surface area contributed by atoms with Gasteiger partial charge < -0.3 is 15.6 Å². The second-order valence-corrected chi connectivity index (χ2v) is 6.93. The molecule has 2 aromatic heterocycles. The lowest BCUT2D eigenvalue weighted by Gasteiger charge is -2.06. The number of para-hydroxylation sites is 1. The number of nitrogens with zero attached hydrogens (tertiary/aromatic N) is 1. The summed E-state index contributed by atoms with van der Waals surface area (Å²) in [4.78, 5) is 31.7. The number of rotatable bonds is 7. The van der Waals surface area contributed by atoms with Crippen LogP contribution in [0.1, 0.15) is 17.5 Å². The van der Waals surface area contributed by atoms with Crippen molar-refractivity contribution in [3.05, 3.63) is 66.1 Å². The van der Waals surface area contributed by atoms with E-state index in [1.54, 1.807) is 12.4 Å². The number of benzene rings is 1. The van der Waals surface area contributed by atoms with Crippen LogP contribution in [0.4, 0.5) is 0 Å². The molecule has 1 fully saturated rings. The van der Waals surface area contributed by atoms with Crippen LogP contribution in [0.3, 0.4) is 0 Å². The molecule has 1 aliphatic rings. The average molecular weight is 362 g/mol. The van der Waals surface area contributed by atoms with Gasteiger partial charge in [0.05, 0.1) is 11.8 Å². The molecule has 1 aliphatic carbocycles. The van der Waals surface area contributed by atoms with Gasteiger partial charge in [-0.15, -0.1) is 0 Å². The van der Waals surface area contributed by atoms with E-state index in [0.29, 0.717) is 19.5 Å². The quantitative estimate of drug-likeness (QED) is 0.602. The van der Waals surface area contributed by atoms with Crippen LogP contribution in [-0.2, 0) is 22.6 Å². The molecule has 0 spiro atoms. The van der Waals surface area contributed by atoms with Gasteiger partial charge in [0.15, 0.2) is 0 Å². The first-order valence-electron chi connectivity index (χ1n) is 9.21. The number of carbonyl (C=O) groups excluding carboxylic acids is 2. The molecule has 1 saturated carbocycles. The number of aromatic nitrogens is 2. The van der Waals surface area contributed by atoms with E-state index in [-0.39, 0.29) is 23.7 Å². The van der Waals surface area contributed by atoms with E-state index in [4.69, 9.17) is 0 Å². The maximum atomic E-state index is 12.3. The van der Waals surface area contributed by atoms with Crippen molar-refractivity contribution >= 4 is 22.7 Å². The highest BCUT2D eigenvalue weighted by Crippen LogP contribution is 2.38. The van der Waals surface area contributed by atoms with Gasteiger partial charge in [0, 0.05) is 42.6 Å². The fraction of sp³-hybridized carbons (Fsp3) is 0.286. The van der Waals surface area contributed by atoms with Crippen molar-refractivity contribution in [3.8, 4) is 0 Å². The van der Waals surface area contributed by atoms with E-state index < -0.39 is 0 Å². The summed E-state index contributed by atoms with van der Waals surface area (Å²) < 4.78 is 0. The van der Waals surface area contributed by atoms with E-state index in [1.165, 1.54) is 10.9 Å². The van der Waals surface area contributed by atoms with Crippen LogP contribution >= 0.6 is 0 Å². The molecule has 3 N–H and O–H groups in total. The van der Waals surface area contributed by atoms with Crippen LogP contribution in [0.5, 0.6) is 0 Å². The largest absolute Gasteiger partial charge is 0.361 e. The third-order valence-corrected chi connectivity index (χ3v) is 5.02. The zero-order valence-corrected chi connectivity index (χ0v) is 14.9. The standard InChI is InChI=1S/C21H22N4O2/c26-20(23-9-7-15-13-24-19-6-2-1-5-16(15)19)17-10-18(17)21(27)25-12-14-4-3-8-22-11-14/h1-6,8,11,13,17-18,24H,7,9-10,12H2,(H,23,26)(H,25,27). The Bertz CT molecular complexity index is 951. The Balaban J connectivity index is 1.21. The van der Waals surface area contributed by atoms with Gasteiger partial charge in [-0.3, -0.25) is 14.6 Å². The molecule has 2 atom stereocenters. The third kappa shape index (κ3) is 4.00. The molecule has 6 heteroatoms. The highest BCUT2D eigenvalue weighted by atomic mass is 16.2. The van der Waals surface area contributed by atoms with Crippen LogP contribution < -0.4 is 10.6 Å². The van der Waals surface area contributed by atoms with Crippen LogP contribution in [0.15, 0.2) is 55.0 Å². The minimum absolute atomic E-state index is 0.0311. The normalized spacial score (nSPS) is 18.2. The molecular weight excluding hydrogens is 340 g/mol. The van der Waals surface area contributed by atoms with Crippen molar-refractivity contribution in [2.75, 3.05) is 6.54 Å². The summed E-state index contributed by atoms with van der Waals surface area (Å²) in [5.41, 5.74) is 3.24. The summed E-state index contributed by atoms with van der Waals surface area (Å²) in [6.07, 6.45) is 6.80. The first kappa shape index (κ1) is 17.3. The van der Waals surface area contributed by atoms with Crippen LogP contribution in [0, 0.1) is 11.8 Å². The lowest BCUT2D eigenvalue weighted by molar-refractivity contribution is -0.127. The Hall–Kier alpha value is -3.15. The van der Waals surface area contributed by atoms with Gasteiger partial charge in [-0.25, -0.2) is 0 Å². The van der Waals surface area contributed by atoms with E-state index >= 15 is 0 Å². The van der Waals surface area contributed by atoms with Gasteiger partial charge in [0.1, 0.15) is 0 Å². The van der Waals surface area contributed by atoms with Crippen molar-refractivity contribution in [2.45, 2.75) is 19.4 Å². The molecule has 0 radical (unpaired) electrons. The highest BCUT2D eigenvalue weighted by molar-refractivity contribution is 5.92. The minimum Gasteiger partial charge on any atom is -0.361 e. The van der Waals surface area contributed by atoms with Crippen molar-refractivity contribution < 1.29 is 9.59 Å². The summed E-state index contributed by atoms with van der Waals surface area (Å²) in [5, 5.41) is 7.03. The lowest BCUT2D eigenvalue weighted by atomic mass is 10.1. The topological polar surface area (TPSA) is 86.9 Å². The number of amides is 2. The Kier molecular flexibility index (Phi) is 4.87. The summed E-state index contributed by atoms with van der Waals surface area (Å²) in [6, 6.07) is 11.9. The Morgan fingerprint density at radius 2 is 1.89 bits per heavy atom. The maximum absolute atomic E-state index is 12.3. The highest BCUT2D eigenvalue weighted by Gasteiger charge is 2.47. The molecule has 2 unspecified atom stereocenters. The average Bonchev–Trinajstić information content (AvgIpc) is 3.42. The number of pyridine rings is 1. The molecule has 4 rings (SSSR count). The molecule has 2 amide bonds. The van der Waals surface area contributed by atoms with Crippen LogP contribution in [0.2, 0.25) is 0 Å². The number of carbonyl (C=O) groups is 2. The molecule has 6 nitrogen and oxygen atoms in total. The number of hydrogen-bond acceptors (Lipinski definition) is 3. The van der Waals surface area contributed by atoms with E-state index in [2.05, 4.69) is 26.7 Å². The Morgan fingerprint density at radius 3 is 2.70 bits per heavy atom. The van der Waals surface area contributed by atoms with Crippen molar-refractivity contribution in [3.63, 3.8) is 0 Å². The predicted molar refractivity (Wildman–Crippen MR) is 103 cm³/mol. The van der Waals surface area contributed by atoms with E-state index in [1.807, 2.05) is 36.5 Å². The van der Waals surface area contributed by atoms with E-state index in [9.17, 15) is 9.59 Å². The van der Waals surface area contributed by atoms with Crippen LogP contribution in [-0.4, -0.2) is 28.3 Å². The Labute approximate surface area is 157 Å². The fourth-order valence-electron chi connectivity index (χ4n) is 3.39. The third-order valence-electron chi connectivity index (χ3n) is 5.02. The summed E-state index contributed by atoms with van der Waals surface area (Å²) in [5.74, 6) is -0.511. The molecule has 138 valence electrons. The van der Waals surface area contributed by atoms with Crippen LogP contribution in [0.25, 0.3) is 10.9 Å². The predicted octanol–water partition coefficient (Wildman–Crippen LogP) is 2.17. The first-order valence-corrected chi connectivity index (χ1v) is 9.21. The second-order valence-electron chi connectivity index (χ2n) is 6.93. The fourth-order valence-corrected chi connectivity index (χ4v) is 3.39. The van der Waals surface area contributed by atoms with Gasteiger partial charge in [-0.2, -0.15) is 0 Å². The molecule has 27 heavy (non-hydrogen) atoms. The maximum Gasteiger partial charge on any atom is 0.224 e. The Morgan fingerprint density at radius 1 is 1.07 bits per heavy atom. The van der Waals surface area contributed by atoms with Gasteiger partial charge in [-0.1, -0.05) is 24.3 Å². The monoisotopic (exact) mass is 362 g/mol. The number of fused-ring (bicyclic) bond motifs is 1. The van der Waals surface area contributed by atoms with Gasteiger partial charge >= 0.3 is 0 Å². The molecule has 1 aromatic carbocycles.